The highest BCUT2D eigenvalue weighted by Gasteiger charge is 1.92. The summed E-state index contributed by atoms with van der Waals surface area (Å²) in [6.45, 7) is 5.43. The van der Waals surface area contributed by atoms with Crippen LogP contribution in [0.2, 0.25) is 0 Å². The number of guanidine groups is 1. The lowest BCUT2D eigenvalue weighted by atomic mass is 10.3. The summed E-state index contributed by atoms with van der Waals surface area (Å²) in [7, 11) is 0. The lowest BCUT2D eigenvalue weighted by molar-refractivity contribution is 0.146. The standard InChI is InChI=1S/C13H19N3O/c1-2-3-10-17-11-9-15-13(14)16-12-7-5-4-6-8-12/h2,4-8H,1,3,9-11H2,(H3,14,15,16). The van der Waals surface area contributed by atoms with E-state index in [9.17, 15) is 0 Å². The number of hydrogen-bond acceptors (Lipinski definition) is 2. The van der Waals surface area contributed by atoms with Gasteiger partial charge in [-0.3, -0.25) is 4.99 Å². The topological polar surface area (TPSA) is 59.6 Å². The maximum atomic E-state index is 5.71. The molecule has 4 nitrogen and oxygen atoms in total. The van der Waals surface area contributed by atoms with E-state index in [4.69, 9.17) is 10.5 Å². The van der Waals surface area contributed by atoms with Crippen LogP contribution in [-0.4, -0.2) is 25.7 Å². The number of hydrogen-bond donors (Lipinski definition) is 2. The first kappa shape index (κ1) is 13.3. The zero-order chi connectivity index (χ0) is 12.3. The third-order valence-electron chi connectivity index (χ3n) is 2.03. The van der Waals surface area contributed by atoms with E-state index in [1.165, 1.54) is 0 Å². The van der Waals surface area contributed by atoms with Crippen LogP contribution < -0.4 is 11.1 Å². The zero-order valence-corrected chi connectivity index (χ0v) is 9.93. The lowest BCUT2D eigenvalue weighted by Crippen LogP contribution is -2.23. The fourth-order valence-electron chi connectivity index (χ4n) is 1.21. The molecule has 0 fully saturated rings. The molecule has 0 atom stereocenters. The summed E-state index contributed by atoms with van der Waals surface area (Å²) in [6, 6.07) is 9.69. The van der Waals surface area contributed by atoms with Crippen molar-refractivity contribution in [2.24, 2.45) is 10.7 Å². The van der Waals surface area contributed by atoms with Gasteiger partial charge in [0.25, 0.3) is 0 Å². The van der Waals surface area contributed by atoms with Crippen molar-refractivity contribution in [3.8, 4) is 0 Å². The van der Waals surface area contributed by atoms with Gasteiger partial charge in [-0.2, -0.15) is 0 Å². The van der Waals surface area contributed by atoms with E-state index in [0.717, 1.165) is 12.1 Å². The predicted octanol–water partition coefficient (Wildman–Crippen LogP) is 2.01. The summed E-state index contributed by atoms with van der Waals surface area (Å²) in [4.78, 5) is 4.15. The molecule has 0 unspecified atom stereocenters. The van der Waals surface area contributed by atoms with Crippen LogP contribution in [0.3, 0.4) is 0 Å². The summed E-state index contributed by atoms with van der Waals surface area (Å²) in [6.07, 6.45) is 2.69. The van der Waals surface area contributed by atoms with Gasteiger partial charge in [0.1, 0.15) is 0 Å². The van der Waals surface area contributed by atoms with Gasteiger partial charge in [0, 0.05) is 5.69 Å². The Labute approximate surface area is 102 Å². The molecule has 0 saturated carbocycles. The highest BCUT2D eigenvalue weighted by molar-refractivity contribution is 5.92. The van der Waals surface area contributed by atoms with Gasteiger partial charge in [0.2, 0.25) is 0 Å². The van der Waals surface area contributed by atoms with Crippen LogP contribution in [0.4, 0.5) is 5.69 Å². The molecule has 0 bridgehead atoms. The van der Waals surface area contributed by atoms with Gasteiger partial charge in [-0.15, -0.1) is 6.58 Å². The molecule has 0 amide bonds. The Balaban J connectivity index is 2.19. The van der Waals surface area contributed by atoms with Crippen molar-refractivity contribution >= 4 is 11.6 Å². The molecular weight excluding hydrogens is 214 g/mol. The van der Waals surface area contributed by atoms with E-state index in [1.54, 1.807) is 0 Å². The molecule has 0 spiro atoms. The van der Waals surface area contributed by atoms with Crippen LogP contribution in [0.1, 0.15) is 6.42 Å². The number of para-hydroxylation sites is 1. The Hall–Kier alpha value is -1.81. The molecule has 17 heavy (non-hydrogen) atoms. The van der Waals surface area contributed by atoms with Gasteiger partial charge in [-0.1, -0.05) is 24.3 Å². The van der Waals surface area contributed by atoms with Gasteiger partial charge < -0.3 is 15.8 Å². The average Bonchev–Trinajstić information content (AvgIpc) is 2.35. The minimum atomic E-state index is 0.406. The molecule has 0 heterocycles. The molecule has 0 saturated heterocycles. The van der Waals surface area contributed by atoms with Crippen molar-refractivity contribution in [1.29, 1.82) is 0 Å². The van der Waals surface area contributed by atoms with Crippen LogP contribution in [0, 0.1) is 0 Å². The summed E-state index contributed by atoms with van der Waals surface area (Å²) in [5, 5.41) is 3.00. The predicted molar refractivity (Wildman–Crippen MR) is 72.2 cm³/mol. The van der Waals surface area contributed by atoms with E-state index in [1.807, 2.05) is 36.4 Å². The SMILES string of the molecule is C=CCCOCCN=C(N)Nc1ccccc1. The number of ether oxygens (including phenoxy) is 1. The molecule has 1 aromatic rings. The monoisotopic (exact) mass is 233 g/mol. The van der Waals surface area contributed by atoms with E-state index in [0.29, 0.717) is 25.7 Å². The molecule has 4 heteroatoms. The summed E-state index contributed by atoms with van der Waals surface area (Å²) in [5.74, 6) is 0.406. The van der Waals surface area contributed by atoms with Crippen molar-refractivity contribution in [3.63, 3.8) is 0 Å². The van der Waals surface area contributed by atoms with Gasteiger partial charge >= 0.3 is 0 Å². The fourth-order valence-corrected chi connectivity index (χ4v) is 1.21. The molecule has 0 aliphatic rings. The Morgan fingerprint density at radius 3 is 2.82 bits per heavy atom. The third-order valence-corrected chi connectivity index (χ3v) is 2.03. The van der Waals surface area contributed by atoms with Crippen molar-refractivity contribution < 1.29 is 4.74 Å². The zero-order valence-electron chi connectivity index (χ0n) is 9.93. The number of nitrogens with zero attached hydrogens (tertiary/aromatic N) is 1. The van der Waals surface area contributed by atoms with Crippen LogP contribution in [-0.2, 0) is 4.74 Å². The van der Waals surface area contributed by atoms with Crippen molar-refractivity contribution in [2.75, 3.05) is 25.1 Å². The number of benzene rings is 1. The number of rotatable bonds is 7. The molecule has 0 aromatic heterocycles. The highest BCUT2D eigenvalue weighted by Crippen LogP contribution is 2.03. The van der Waals surface area contributed by atoms with E-state index >= 15 is 0 Å². The van der Waals surface area contributed by atoms with Crippen LogP contribution >= 0.6 is 0 Å². The summed E-state index contributed by atoms with van der Waals surface area (Å²) < 4.78 is 5.31. The number of aliphatic imine (C=N–C) groups is 1. The number of nitrogens with one attached hydrogen (secondary N) is 1. The maximum absolute atomic E-state index is 5.71. The van der Waals surface area contributed by atoms with E-state index in [-0.39, 0.29) is 0 Å². The Bertz CT molecular complexity index is 349. The average molecular weight is 233 g/mol. The van der Waals surface area contributed by atoms with Gasteiger partial charge in [-0.25, -0.2) is 0 Å². The minimum Gasteiger partial charge on any atom is -0.379 e. The third kappa shape index (κ3) is 6.37. The molecule has 92 valence electrons. The second-order valence-corrected chi connectivity index (χ2v) is 3.45. The van der Waals surface area contributed by atoms with Crippen LogP contribution in [0.15, 0.2) is 48.0 Å². The lowest BCUT2D eigenvalue weighted by Gasteiger charge is -2.05. The van der Waals surface area contributed by atoms with Gasteiger partial charge in [0.15, 0.2) is 5.96 Å². The summed E-state index contributed by atoms with van der Waals surface area (Å²) in [5.41, 5.74) is 6.65. The number of nitrogens with two attached hydrogens (primary N) is 1. The first-order valence-electron chi connectivity index (χ1n) is 5.63. The van der Waals surface area contributed by atoms with Crippen molar-refractivity contribution in [2.45, 2.75) is 6.42 Å². The van der Waals surface area contributed by atoms with Crippen molar-refractivity contribution in [3.05, 3.63) is 43.0 Å². The largest absolute Gasteiger partial charge is 0.379 e. The minimum absolute atomic E-state index is 0.406. The first-order chi connectivity index (χ1) is 8.33. The van der Waals surface area contributed by atoms with Gasteiger partial charge in [-0.05, 0) is 18.6 Å². The number of anilines is 1. The van der Waals surface area contributed by atoms with Crippen LogP contribution in [0.25, 0.3) is 0 Å². The molecular formula is C13H19N3O. The second-order valence-electron chi connectivity index (χ2n) is 3.45. The molecule has 0 aliphatic carbocycles. The first-order valence-corrected chi connectivity index (χ1v) is 5.63. The fraction of sp³-hybridized carbons (Fsp3) is 0.308. The quantitative estimate of drug-likeness (QED) is 0.328. The smallest absolute Gasteiger partial charge is 0.193 e. The maximum Gasteiger partial charge on any atom is 0.193 e. The Morgan fingerprint density at radius 2 is 2.12 bits per heavy atom. The van der Waals surface area contributed by atoms with E-state index in [2.05, 4.69) is 16.9 Å². The van der Waals surface area contributed by atoms with Crippen LogP contribution in [0.5, 0.6) is 0 Å². The molecule has 0 radical (unpaired) electrons. The molecule has 1 aromatic carbocycles. The molecule has 0 aliphatic heterocycles. The molecule has 1 rings (SSSR count). The molecule has 3 N–H and O–H groups in total. The van der Waals surface area contributed by atoms with E-state index < -0.39 is 0 Å². The normalized spacial score (nSPS) is 11.2. The Kier molecular flexibility index (Phi) is 6.51. The van der Waals surface area contributed by atoms with Crippen molar-refractivity contribution in [1.82, 2.24) is 0 Å². The Morgan fingerprint density at radius 1 is 1.35 bits per heavy atom. The summed E-state index contributed by atoms with van der Waals surface area (Å²) >= 11 is 0. The highest BCUT2D eigenvalue weighted by atomic mass is 16.5. The second kappa shape index (κ2) is 8.35. The van der Waals surface area contributed by atoms with Gasteiger partial charge in [0.05, 0.1) is 19.8 Å².